The number of aliphatic carboxylic acids is 1. The average Bonchev–Trinajstić information content (AvgIpc) is 2.44. The minimum Gasteiger partial charge on any atom is -0.481 e. The smallest absolute Gasteiger partial charge is 0.314 e. The molecule has 0 aliphatic rings. The fraction of sp³-hybridized carbons (Fsp3) is 0.588. The summed E-state index contributed by atoms with van der Waals surface area (Å²) in [5.41, 5.74) is 0.244. The van der Waals surface area contributed by atoms with Gasteiger partial charge in [-0.15, -0.1) is 0 Å². The van der Waals surface area contributed by atoms with Crippen molar-refractivity contribution in [3.8, 4) is 0 Å². The van der Waals surface area contributed by atoms with E-state index in [-0.39, 0.29) is 0 Å². The van der Waals surface area contributed by atoms with Crippen LogP contribution in [-0.4, -0.2) is 11.1 Å². The molecule has 0 amide bonds. The van der Waals surface area contributed by atoms with E-state index in [1.54, 1.807) is 0 Å². The predicted molar refractivity (Wildman–Crippen MR) is 79.4 cm³/mol. The molecule has 1 aromatic rings. The first kappa shape index (κ1) is 15.7. The van der Waals surface area contributed by atoms with Crippen LogP contribution in [0.2, 0.25) is 0 Å². The molecule has 0 aliphatic heterocycles. The van der Waals surface area contributed by atoms with Crippen LogP contribution in [0.5, 0.6) is 0 Å². The molecular formula is C17H26O2. The van der Waals surface area contributed by atoms with Crippen LogP contribution in [0.4, 0.5) is 0 Å². The lowest BCUT2D eigenvalue weighted by Crippen LogP contribution is -2.35. The lowest BCUT2D eigenvalue weighted by atomic mass is 9.74. The molecule has 0 heterocycles. The second-order valence-electron chi connectivity index (χ2n) is 5.27. The van der Waals surface area contributed by atoms with Gasteiger partial charge in [-0.25, -0.2) is 0 Å². The van der Waals surface area contributed by atoms with Gasteiger partial charge in [0.15, 0.2) is 0 Å². The van der Waals surface area contributed by atoms with Gasteiger partial charge in [-0.3, -0.25) is 4.79 Å². The van der Waals surface area contributed by atoms with Crippen molar-refractivity contribution in [1.82, 2.24) is 0 Å². The van der Waals surface area contributed by atoms with Gasteiger partial charge in [-0.05, 0) is 18.4 Å². The minimum absolute atomic E-state index is 0.653. The summed E-state index contributed by atoms with van der Waals surface area (Å²) in [6, 6.07) is 9.69. The molecule has 2 nitrogen and oxygen atoms in total. The zero-order chi connectivity index (χ0) is 14.1. The summed E-state index contributed by atoms with van der Waals surface area (Å²) in [7, 11) is 0. The molecule has 106 valence electrons. The third kappa shape index (κ3) is 4.09. The Morgan fingerprint density at radius 2 is 1.68 bits per heavy atom. The summed E-state index contributed by atoms with van der Waals surface area (Å²) in [5.74, 6) is -0.684. The first-order valence-electron chi connectivity index (χ1n) is 7.46. The van der Waals surface area contributed by atoms with Gasteiger partial charge in [0.05, 0.1) is 5.41 Å². The van der Waals surface area contributed by atoms with Gasteiger partial charge < -0.3 is 5.11 Å². The normalized spacial score (nSPS) is 14.0. The fourth-order valence-electron chi connectivity index (χ4n) is 2.69. The SMILES string of the molecule is CCCCCCCC(CC)(C(=O)O)c1ccccc1. The third-order valence-electron chi connectivity index (χ3n) is 4.05. The fourth-order valence-corrected chi connectivity index (χ4v) is 2.69. The quantitative estimate of drug-likeness (QED) is 0.650. The highest BCUT2D eigenvalue weighted by molar-refractivity contribution is 5.81. The maximum atomic E-state index is 11.8. The molecule has 1 aromatic carbocycles. The molecular weight excluding hydrogens is 236 g/mol. The maximum absolute atomic E-state index is 11.8. The van der Waals surface area contributed by atoms with E-state index in [9.17, 15) is 9.90 Å². The van der Waals surface area contributed by atoms with Crippen molar-refractivity contribution >= 4 is 5.97 Å². The molecule has 0 fully saturated rings. The molecule has 1 rings (SSSR count). The number of rotatable bonds is 9. The standard InChI is InChI=1S/C17H26O2/c1-3-5-6-7-11-14-17(4-2,16(18)19)15-12-9-8-10-13-15/h8-10,12-13H,3-7,11,14H2,1-2H3,(H,18,19). The second kappa shape index (κ2) is 7.98. The van der Waals surface area contributed by atoms with Crippen LogP contribution < -0.4 is 0 Å². The molecule has 0 spiro atoms. The monoisotopic (exact) mass is 262 g/mol. The number of carboxylic acid groups (broad SMARTS) is 1. The lowest BCUT2D eigenvalue weighted by Gasteiger charge is -2.29. The number of hydrogen-bond acceptors (Lipinski definition) is 1. The van der Waals surface area contributed by atoms with Gasteiger partial charge in [0, 0.05) is 0 Å². The van der Waals surface area contributed by atoms with E-state index in [0.717, 1.165) is 24.8 Å². The van der Waals surface area contributed by atoms with Crippen molar-refractivity contribution in [2.45, 2.75) is 64.2 Å². The number of benzene rings is 1. The highest BCUT2D eigenvalue weighted by Crippen LogP contribution is 2.34. The molecule has 1 atom stereocenters. The summed E-state index contributed by atoms with van der Waals surface area (Å²) >= 11 is 0. The van der Waals surface area contributed by atoms with E-state index >= 15 is 0 Å². The number of carbonyl (C=O) groups is 1. The van der Waals surface area contributed by atoms with Gasteiger partial charge in [-0.2, -0.15) is 0 Å². The van der Waals surface area contributed by atoms with Crippen molar-refractivity contribution in [2.24, 2.45) is 0 Å². The summed E-state index contributed by atoms with van der Waals surface area (Å²) in [6.07, 6.45) is 7.20. The Morgan fingerprint density at radius 3 is 2.21 bits per heavy atom. The Bertz CT molecular complexity index is 372. The van der Waals surface area contributed by atoms with E-state index < -0.39 is 11.4 Å². The van der Waals surface area contributed by atoms with Crippen molar-refractivity contribution in [3.63, 3.8) is 0 Å². The molecule has 0 aromatic heterocycles. The Labute approximate surface area is 116 Å². The van der Waals surface area contributed by atoms with E-state index in [1.807, 2.05) is 37.3 Å². The van der Waals surface area contributed by atoms with Gasteiger partial charge in [0.2, 0.25) is 0 Å². The zero-order valence-electron chi connectivity index (χ0n) is 12.2. The maximum Gasteiger partial charge on any atom is 0.314 e. The van der Waals surface area contributed by atoms with Crippen LogP contribution in [0.25, 0.3) is 0 Å². The van der Waals surface area contributed by atoms with Crippen molar-refractivity contribution in [3.05, 3.63) is 35.9 Å². The Hall–Kier alpha value is -1.31. The first-order chi connectivity index (χ1) is 9.17. The topological polar surface area (TPSA) is 37.3 Å². The Morgan fingerprint density at radius 1 is 1.05 bits per heavy atom. The van der Waals surface area contributed by atoms with E-state index in [1.165, 1.54) is 19.3 Å². The van der Waals surface area contributed by atoms with Crippen LogP contribution in [0, 0.1) is 0 Å². The van der Waals surface area contributed by atoms with Crippen LogP contribution in [-0.2, 0) is 10.2 Å². The minimum atomic E-state index is -0.701. The first-order valence-corrected chi connectivity index (χ1v) is 7.46. The highest BCUT2D eigenvalue weighted by Gasteiger charge is 2.37. The molecule has 0 bridgehead atoms. The summed E-state index contributed by atoms with van der Waals surface area (Å²) < 4.78 is 0. The molecule has 0 radical (unpaired) electrons. The lowest BCUT2D eigenvalue weighted by molar-refractivity contribution is -0.144. The Balaban J connectivity index is 2.74. The van der Waals surface area contributed by atoms with Gasteiger partial charge >= 0.3 is 5.97 Å². The van der Waals surface area contributed by atoms with Crippen molar-refractivity contribution in [1.29, 1.82) is 0 Å². The van der Waals surface area contributed by atoms with Crippen LogP contribution in [0.15, 0.2) is 30.3 Å². The van der Waals surface area contributed by atoms with Crippen LogP contribution in [0.1, 0.15) is 64.4 Å². The molecule has 1 unspecified atom stereocenters. The van der Waals surface area contributed by atoms with Crippen molar-refractivity contribution in [2.75, 3.05) is 0 Å². The largest absolute Gasteiger partial charge is 0.481 e. The van der Waals surface area contributed by atoms with Gasteiger partial charge in [0.1, 0.15) is 0 Å². The third-order valence-corrected chi connectivity index (χ3v) is 4.05. The highest BCUT2D eigenvalue weighted by atomic mass is 16.4. The molecule has 1 N–H and O–H groups in total. The number of carboxylic acids is 1. The van der Waals surface area contributed by atoms with E-state index in [4.69, 9.17) is 0 Å². The molecule has 0 saturated carbocycles. The summed E-state index contributed by atoms with van der Waals surface area (Å²) in [6.45, 7) is 4.17. The number of hydrogen-bond donors (Lipinski definition) is 1. The summed E-state index contributed by atoms with van der Waals surface area (Å²) in [5, 5.41) is 9.68. The molecule has 0 aliphatic carbocycles. The molecule has 19 heavy (non-hydrogen) atoms. The average molecular weight is 262 g/mol. The second-order valence-corrected chi connectivity index (χ2v) is 5.27. The van der Waals surface area contributed by atoms with E-state index in [2.05, 4.69) is 6.92 Å². The van der Waals surface area contributed by atoms with Gasteiger partial charge in [0.25, 0.3) is 0 Å². The molecule has 0 saturated heterocycles. The van der Waals surface area contributed by atoms with Crippen LogP contribution >= 0.6 is 0 Å². The van der Waals surface area contributed by atoms with E-state index in [0.29, 0.717) is 6.42 Å². The van der Waals surface area contributed by atoms with Crippen molar-refractivity contribution < 1.29 is 9.90 Å². The molecule has 2 heteroatoms. The summed E-state index contributed by atoms with van der Waals surface area (Å²) in [4.78, 5) is 11.8. The Kier molecular flexibility index (Phi) is 6.61. The van der Waals surface area contributed by atoms with Crippen LogP contribution in [0.3, 0.4) is 0 Å². The zero-order valence-corrected chi connectivity index (χ0v) is 12.2. The predicted octanol–water partition coefficient (Wildman–Crippen LogP) is 4.78. The number of unbranched alkanes of at least 4 members (excludes halogenated alkanes) is 4. The van der Waals surface area contributed by atoms with Gasteiger partial charge in [-0.1, -0.05) is 76.3 Å².